The zero-order valence-electron chi connectivity index (χ0n) is 6.19. The first-order valence-corrected chi connectivity index (χ1v) is 3.66. The summed E-state index contributed by atoms with van der Waals surface area (Å²) in [6, 6.07) is 0. The van der Waals surface area contributed by atoms with E-state index in [4.69, 9.17) is 5.11 Å². The number of nitrogens with zero attached hydrogens (tertiary/aromatic N) is 1. The molecule has 1 fully saturated rings. The Morgan fingerprint density at radius 1 is 1.64 bits per heavy atom. The van der Waals surface area contributed by atoms with Crippen LogP contribution in [0.2, 0.25) is 0 Å². The molecule has 0 aromatic heterocycles. The summed E-state index contributed by atoms with van der Waals surface area (Å²) < 4.78 is 0. The van der Waals surface area contributed by atoms with Gasteiger partial charge >= 0.3 is 5.97 Å². The van der Waals surface area contributed by atoms with Gasteiger partial charge in [0.25, 0.3) is 0 Å². The summed E-state index contributed by atoms with van der Waals surface area (Å²) in [7, 11) is 0. The highest BCUT2D eigenvalue weighted by Crippen LogP contribution is 2.14. The van der Waals surface area contributed by atoms with Crippen LogP contribution in [0.3, 0.4) is 0 Å². The molecule has 1 amide bonds. The smallest absolute Gasteiger partial charge is 0.308 e. The number of rotatable bonds is 2. The number of aliphatic carboxylic acids is 1. The van der Waals surface area contributed by atoms with Gasteiger partial charge in [-0.1, -0.05) is 0 Å². The van der Waals surface area contributed by atoms with Crippen molar-refractivity contribution in [3.8, 4) is 0 Å². The standard InChI is InChI=1S/C7H11NO3/c9-5-8-3-1-2-6(4-8)7(10)11/h5-6H,1-4H2,(H,10,11)/t6-/m0/s1. The van der Waals surface area contributed by atoms with Crippen LogP contribution < -0.4 is 0 Å². The van der Waals surface area contributed by atoms with Gasteiger partial charge in [-0.15, -0.1) is 0 Å². The summed E-state index contributed by atoms with van der Waals surface area (Å²) in [5.74, 6) is -1.15. The summed E-state index contributed by atoms with van der Waals surface area (Å²) in [6.07, 6.45) is 2.21. The van der Waals surface area contributed by atoms with Crippen LogP contribution in [0.1, 0.15) is 12.8 Å². The third-order valence-electron chi connectivity index (χ3n) is 1.95. The number of amides is 1. The number of carbonyl (C=O) groups excluding carboxylic acids is 1. The largest absolute Gasteiger partial charge is 0.481 e. The van der Waals surface area contributed by atoms with Crippen LogP contribution in [0, 0.1) is 5.92 Å². The fraction of sp³-hybridized carbons (Fsp3) is 0.714. The SMILES string of the molecule is O=CN1CCC[C@H](C(=O)O)C1. The van der Waals surface area contributed by atoms with Crippen molar-refractivity contribution < 1.29 is 14.7 Å². The first kappa shape index (κ1) is 8.04. The van der Waals surface area contributed by atoms with E-state index < -0.39 is 5.97 Å². The van der Waals surface area contributed by atoms with Crippen molar-refractivity contribution in [1.29, 1.82) is 0 Å². The van der Waals surface area contributed by atoms with Crippen molar-refractivity contribution in [3.63, 3.8) is 0 Å². The number of carboxylic acid groups (broad SMARTS) is 1. The van der Waals surface area contributed by atoms with Crippen molar-refractivity contribution in [2.24, 2.45) is 5.92 Å². The van der Waals surface area contributed by atoms with Gasteiger partial charge in [0.15, 0.2) is 0 Å². The summed E-state index contributed by atoms with van der Waals surface area (Å²) in [4.78, 5) is 22.3. The van der Waals surface area contributed by atoms with Crippen molar-refractivity contribution in [2.45, 2.75) is 12.8 Å². The molecule has 11 heavy (non-hydrogen) atoms. The van der Waals surface area contributed by atoms with E-state index in [1.54, 1.807) is 0 Å². The molecule has 1 N–H and O–H groups in total. The molecule has 1 atom stereocenters. The minimum Gasteiger partial charge on any atom is -0.481 e. The van der Waals surface area contributed by atoms with E-state index in [0.29, 0.717) is 19.5 Å². The van der Waals surface area contributed by atoms with Gasteiger partial charge in [0.2, 0.25) is 6.41 Å². The number of hydrogen-bond donors (Lipinski definition) is 1. The Morgan fingerprint density at radius 3 is 2.91 bits per heavy atom. The van der Waals surface area contributed by atoms with Crippen LogP contribution in [0.4, 0.5) is 0 Å². The van der Waals surface area contributed by atoms with Crippen molar-refractivity contribution in [3.05, 3.63) is 0 Å². The summed E-state index contributed by atoms with van der Waals surface area (Å²) >= 11 is 0. The van der Waals surface area contributed by atoms with E-state index in [9.17, 15) is 9.59 Å². The van der Waals surface area contributed by atoms with Gasteiger partial charge in [-0.25, -0.2) is 0 Å². The van der Waals surface area contributed by atoms with Gasteiger partial charge < -0.3 is 10.0 Å². The quantitative estimate of drug-likeness (QED) is 0.571. The predicted octanol–water partition coefficient (Wildman–Crippen LogP) is -0.0606. The second-order valence-corrected chi connectivity index (χ2v) is 2.78. The van der Waals surface area contributed by atoms with E-state index in [-0.39, 0.29) is 5.92 Å². The zero-order chi connectivity index (χ0) is 8.27. The molecule has 62 valence electrons. The molecular weight excluding hydrogens is 146 g/mol. The average molecular weight is 157 g/mol. The molecule has 0 saturated carbocycles. The Morgan fingerprint density at radius 2 is 2.36 bits per heavy atom. The van der Waals surface area contributed by atoms with Crippen LogP contribution in [-0.2, 0) is 9.59 Å². The molecule has 0 aromatic rings. The predicted molar refractivity (Wildman–Crippen MR) is 38.0 cm³/mol. The molecule has 1 aliphatic heterocycles. The highest BCUT2D eigenvalue weighted by Gasteiger charge is 2.23. The molecular formula is C7H11NO3. The molecule has 0 unspecified atom stereocenters. The maximum absolute atomic E-state index is 10.5. The fourth-order valence-corrected chi connectivity index (χ4v) is 1.30. The van der Waals surface area contributed by atoms with E-state index in [1.807, 2.05) is 0 Å². The Bertz CT molecular complexity index is 169. The van der Waals surface area contributed by atoms with Gasteiger partial charge in [0.05, 0.1) is 5.92 Å². The third kappa shape index (κ3) is 1.93. The molecule has 1 saturated heterocycles. The van der Waals surface area contributed by atoms with Crippen LogP contribution in [-0.4, -0.2) is 35.5 Å². The van der Waals surface area contributed by atoms with E-state index in [1.165, 1.54) is 4.90 Å². The lowest BCUT2D eigenvalue weighted by atomic mass is 9.99. The number of carboxylic acids is 1. The van der Waals surface area contributed by atoms with Crippen LogP contribution in [0.5, 0.6) is 0 Å². The molecule has 0 spiro atoms. The third-order valence-corrected chi connectivity index (χ3v) is 1.95. The van der Waals surface area contributed by atoms with Gasteiger partial charge in [0, 0.05) is 13.1 Å². The molecule has 1 aliphatic rings. The monoisotopic (exact) mass is 157 g/mol. The molecule has 0 radical (unpaired) electrons. The summed E-state index contributed by atoms with van der Waals surface area (Å²) in [6.45, 7) is 1.08. The second kappa shape index (κ2) is 3.37. The fourth-order valence-electron chi connectivity index (χ4n) is 1.30. The zero-order valence-corrected chi connectivity index (χ0v) is 6.19. The Hall–Kier alpha value is -1.06. The lowest BCUT2D eigenvalue weighted by Crippen LogP contribution is -2.37. The van der Waals surface area contributed by atoms with Crippen molar-refractivity contribution in [2.75, 3.05) is 13.1 Å². The summed E-state index contributed by atoms with van der Waals surface area (Å²) in [5, 5.41) is 8.61. The molecule has 4 nitrogen and oxygen atoms in total. The van der Waals surface area contributed by atoms with E-state index in [0.717, 1.165) is 12.8 Å². The normalized spacial score (nSPS) is 24.7. The number of piperidine rings is 1. The second-order valence-electron chi connectivity index (χ2n) is 2.78. The van der Waals surface area contributed by atoms with Gasteiger partial charge in [-0.05, 0) is 12.8 Å². The van der Waals surface area contributed by atoms with Crippen LogP contribution in [0.25, 0.3) is 0 Å². The van der Waals surface area contributed by atoms with Gasteiger partial charge in [0.1, 0.15) is 0 Å². The Kier molecular flexibility index (Phi) is 2.46. The van der Waals surface area contributed by atoms with E-state index >= 15 is 0 Å². The van der Waals surface area contributed by atoms with Gasteiger partial charge in [-0.2, -0.15) is 0 Å². The summed E-state index contributed by atoms with van der Waals surface area (Å²) in [5.41, 5.74) is 0. The molecule has 1 rings (SSSR count). The lowest BCUT2D eigenvalue weighted by molar-refractivity contribution is -0.144. The van der Waals surface area contributed by atoms with Gasteiger partial charge in [-0.3, -0.25) is 9.59 Å². The molecule has 0 bridgehead atoms. The number of likely N-dealkylation sites (tertiary alicyclic amines) is 1. The van der Waals surface area contributed by atoms with Crippen molar-refractivity contribution >= 4 is 12.4 Å². The maximum Gasteiger partial charge on any atom is 0.308 e. The van der Waals surface area contributed by atoms with Crippen molar-refractivity contribution in [1.82, 2.24) is 4.90 Å². The van der Waals surface area contributed by atoms with E-state index in [2.05, 4.69) is 0 Å². The molecule has 4 heteroatoms. The first-order valence-electron chi connectivity index (χ1n) is 3.66. The lowest BCUT2D eigenvalue weighted by Gasteiger charge is -2.26. The highest BCUT2D eigenvalue weighted by molar-refractivity contribution is 5.70. The average Bonchev–Trinajstić information content (AvgIpc) is 2.05. The van der Waals surface area contributed by atoms with Crippen LogP contribution >= 0.6 is 0 Å². The molecule has 0 aliphatic carbocycles. The first-order chi connectivity index (χ1) is 5.24. The minimum absolute atomic E-state index is 0.353. The number of hydrogen-bond acceptors (Lipinski definition) is 2. The maximum atomic E-state index is 10.5. The Balaban J connectivity index is 2.45. The topological polar surface area (TPSA) is 57.6 Å². The minimum atomic E-state index is -0.795. The highest BCUT2D eigenvalue weighted by atomic mass is 16.4. The Labute approximate surface area is 64.8 Å². The molecule has 1 heterocycles. The number of carbonyl (C=O) groups is 2. The molecule has 0 aromatic carbocycles. The van der Waals surface area contributed by atoms with Crippen LogP contribution in [0.15, 0.2) is 0 Å².